The van der Waals surface area contributed by atoms with Gasteiger partial charge >= 0.3 is 0 Å². The van der Waals surface area contributed by atoms with E-state index in [9.17, 15) is 0 Å². The Labute approximate surface area is 86.9 Å². The lowest BCUT2D eigenvalue weighted by molar-refractivity contribution is 0.0306. The van der Waals surface area contributed by atoms with Crippen molar-refractivity contribution in [3.63, 3.8) is 0 Å². The molecule has 1 unspecified atom stereocenters. The van der Waals surface area contributed by atoms with Gasteiger partial charge in [-0.1, -0.05) is 0 Å². The van der Waals surface area contributed by atoms with Crippen LogP contribution in [0.4, 0.5) is 0 Å². The molecular formula is C6H10Cl4O. The van der Waals surface area contributed by atoms with E-state index in [1.807, 2.05) is 0 Å². The van der Waals surface area contributed by atoms with Crippen LogP contribution in [0.2, 0.25) is 0 Å². The summed E-state index contributed by atoms with van der Waals surface area (Å²) in [5.74, 6) is 0.711. The standard InChI is InChI=1S/C6H10Cl4O/c1-4(6(9)10)11-5(2-7)3-8/h4-6H,2-3H2,1H3. The Kier molecular flexibility index (Phi) is 7.29. The highest BCUT2D eigenvalue weighted by molar-refractivity contribution is 6.44. The van der Waals surface area contributed by atoms with Crippen LogP contribution in [0.25, 0.3) is 0 Å². The van der Waals surface area contributed by atoms with Gasteiger partial charge in [0.15, 0.2) is 0 Å². The molecule has 1 atom stereocenters. The summed E-state index contributed by atoms with van der Waals surface area (Å²) in [5.41, 5.74) is 0. The third kappa shape index (κ3) is 5.37. The molecule has 0 saturated heterocycles. The van der Waals surface area contributed by atoms with Gasteiger partial charge in [0.1, 0.15) is 4.84 Å². The molecule has 0 radical (unpaired) electrons. The molecular weight excluding hydrogens is 230 g/mol. The van der Waals surface area contributed by atoms with Gasteiger partial charge in [-0.3, -0.25) is 0 Å². The minimum Gasteiger partial charge on any atom is -0.370 e. The summed E-state index contributed by atoms with van der Waals surface area (Å²) in [6, 6.07) is 0. The topological polar surface area (TPSA) is 9.23 Å². The first-order valence-electron chi connectivity index (χ1n) is 3.17. The van der Waals surface area contributed by atoms with Crippen LogP contribution in [0.5, 0.6) is 0 Å². The molecule has 0 N–H and O–H groups in total. The van der Waals surface area contributed by atoms with Crippen LogP contribution in [0.3, 0.4) is 0 Å². The normalized spacial score (nSPS) is 14.5. The summed E-state index contributed by atoms with van der Waals surface area (Å²) in [7, 11) is 0. The third-order valence-corrected chi connectivity index (χ3v) is 2.50. The van der Waals surface area contributed by atoms with Gasteiger partial charge in [0.25, 0.3) is 0 Å². The molecule has 0 aliphatic rings. The fourth-order valence-corrected chi connectivity index (χ4v) is 1.07. The van der Waals surface area contributed by atoms with Gasteiger partial charge in [-0.15, -0.1) is 46.4 Å². The van der Waals surface area contributed by atoms with E-state index < -0.39 is 4.84 Å². The zero-order chi connectivity index (χ0) is 8.85. The van der Waals surface area contributed by atoms with Crippen molar-refractivity contribution in [3.8, 4) is 0 Å². The van der Waals surface area contributed by atoms with E-state index in [0.717, 1.165) is 0 Å². The molecule has 0 spiro atoms. The maximum absolute atomic E-state index is 5.54. The number of hydrogen-bond acceptors (Lipinski definition) is 1. The zero-order valence-electron chi connectivity index (χ0n) is 6.07. The van der Waals surface area contributed by atoms with Crippen molar-refractivity contribution in [1.29, 1.82) is 0 Å². The second-order valence-electron chi connectivity index (χ2n) is 2.11. The SMILES string of the molecule is CC(OC(CCl)CCl)C(Cl)Cl. The maximum Gasteiger partial charge on any atom is 0.133 e. The maximum atomic E-state index is 5.54. The molecule has 0 saturated carbocycles. The highest BCUT2D eigenvalue weighted by Crippen LogP contribution is 2.14. The van der Waals surface area contributed by atoms with Crippen LogP contribution in [0.1, 0.15) is 6.92 Å². The summed E-state index contributed by atoms with van der Waals surface area (Å²) in [6.45, 7) is 1.77. The van der Waals surface area contributed by atoms with Gasteiger partial charge in [-0.25, -0.2) is 0 Å². The minimum atomic E-state index is -0.538. The molecule has 0 rings (SSSR count). The molecule has 0 aliphatic heterocycles. The number of ether oxygens (including phenoxy) is 1. The first-order chi connectivity index (χ1) is 5.11. The summed E-state index contributed by atoms with van der Waals surface area (Å²) in [4.78, 5) is -0.538. The monoisotopic (exact) mass is 238 g/mol. The summed E-state index contributed by atoms with van der Waals surface area (Å²) in [6.07, 6.45) is -0.408. The molecule has 1 nitrogen and oxygen atoms in total. The number of halogens is 4. The molecule has 0 fully saturated rings. The minimum absolute atomic E-state index is 0.173. The Morgan fingerprint density at radius 3 is 1.91 bits per heavy atom. The van der Waals surface area contributed by atoms with Gasteiger partial charge in [-0.2, -0.15) is 0 Å². The highest BCUT2D eigenvalue weighted by Gasteiger charge is 2.16. The highest BCUT2D eigenvalue weighted by atomic mass is 35.5. The van der Waals surface area contributed by atoms with Crippen LogP contribution in [-0.2, 0) is 4.74 Å². The van der Waals surface area contributed by atoms with Crippen molar-refractivity contribution in [1.82, 2.24) is 0 Å². The van der Waals surface area contributed by atoms with E-state index in [-0.39, 0.29) is 12.2 Å². The second kappa shape index (κ2) is 6.62. The van der Waals surface area contributed by atoms with Crippen LogP contribution in [0.15, 0.2) is 0 Å². The quantitative estimate of drug-likeness (QED) is 0.671. The molecule has 68 valence electrons. The van der Waals surface area contributed by atoms with Crippen LogP contribution in [-0.4, -0.2) is 28.8 Å². The Morgan fingerprint density at radius 2 is 1.64 bits per heavy atom. The largest absolute Gasteiger partial charge is 0.370 e. The Morgan fingerprint density at radius 1 is 1.18 bits per heavy atom. The lowest BCUT2D eigenvalue weighted by atomic mass is 10.4. The summed E-state index contributed by atoms with van der Waals surface area (Å²) in [5, 5.41) is 0. The molecule has 11 heavy (non-hydrogen) atoms. The number of alkyl halides is 4. The zero-order valence-corrected chi connectivity index (χ0v) is 9.09. The van der Waals surface area contributed by atoms with Gasteiger partial charge < -0.3 is 4.74 Å². The lowest BCUT2D eigenvalue weighted by Crippen LogP contribution is -2.26. The van der Waals surface area contributed by atoms with Crippen molar-refractivity contribution in [2.75, 3.05) is 11.8 Å². The summed E-state index contributed by atoms with van der Waals surface area (Å²) >= 11 is 22.1. The molecule has 5 heteroatoms. The average Bonchev–Trinajstić information content (AvgIpc) is 1.99. The first-order valence-corrected chi connectivity index (χ1v) is 5.11. The van der Waals surface area contributed by atoms with Crippen LogP contribution in [0, 0.1) is 0 Å². The molecule has 0 amide bonds. The first kappa shape index (κ1) is 12.1. The molecule has 0 aromatic heterocycles. The third-order valence-electron chi connectivity index (χ3n) is 1.11. The fraction of sp³-hybridized carbons (Fsp3) is 1.00. The van der Waals surface area contributed by atoms with Crippen molar-refractivity contribution in [2.45, 2.75) is 24.0 Å². The van der Waals surface area contributed by atoms with E-state index in [1.165, 1.54) is 0 Å². The average molecular weight is 240 g/mol. The fourth-order valence-electron chi connectivity index (χ4n) is 0.477. The van der Waals surface area contributed by atoms with E-state index in [1.54, 1.807) is 6.92 Å². The van der Waals surface area contributed by atoms with Gasteiger partial charge in [0.2, 0.25) is 0 Å². The predicted molar refractivity (Wildman–Crippen MR) is 51.3 cm³/mol. The van der Waals surface area contributed by atoms with Crippen molar-refractivity contribution in [2.24, 2.45) is 0 Å². The molecule has 0 aliphatic carbocycles. The van der Waals surface area contributed by atoms with E-state index in [4.69, 9.17) is 51.1 Å². The second-order valence-corrected chi connectivity index (χ2v) is 3.89. The number of rotatable bonds is 5. The Hall–Kier alpha value is 1.12. The Bertz CT molecular complexity index is 94.6. The molecule has 0 aromatic rings. The van der Waals surface area contributed by atoms with Crippen molar-refractivity contribution in [3.05, 3.63) is 0 Å². The van der Waals surface area contributed by atoms with Gasteiger partial charge in [-0.05, 0) is 6.92 Å². The summed E-state index contributed by atoms with van der Waals surface area (Å²) < 4.78 is 5.28. The number of hydrogen-bond donors (Lipinski definition) is 0. The van der Waals surface area contributed by atoms with Crippen molar-refractivity contribution < 1.29 is 4.74 Å². The molecule has 0 bridgehead atoms. The van der Waals surface area contributed by atoms with Crippen LogP contribution < -0.4 is 0 Å². The van der Waals surface area contributed by atoms with Gasteiger partial charge in [0.05, 0.1) is 12.2 Å². The predicted octanol–water partition coefficient (Wildman–Crippen LogP) is 3.04. The molecule has 0 aromatic carbocycles. The smallest absolute Gasteiger partial charge is 0.133 e. The van der Waals surface area contributed by atoms with E-state index >= 15 is 0 Å². The van der Waals surface area contributed by atoms with E-state index in [0.29, 0.717) is 11.8 Å². The molecule has 0 heterocycles. The Balaban J connectivity index is 3.62. The lowest BCUT2D eigenvalue weighted by Gasteiger charge is -2.19. The van der Waals surface area contributed by atoms with Gasteiger partial charge in [0, 0.05) is 11.8 Å². The van der Waals surface area contributed by atoms with Crippen molar-refractivity contribution >= 4 is 46.4 Å². The van der Waals surface area contributed by atoms with E-state index in [2.05, 4.69) is 0 Å². The van der Waals surface area contributed by atoms with Crippen LogP contribution >= 0.6 is 46.4 Å².